The molecule has 35 heavy (non-hydrogen) atoms. The second kappa shape index (κ2) is 9.13. The third-order valence-corrected chi connectivity index (χ3v) is 6.64. The molecule has 3 atom stereocenters. The number of allylic oxidation sites excluding steroid dienone is 1. The van der Waals surface area contributed by atoms with Crippen molar-refractivity contribution < 1.29 is 9.47 Å². The summed E-state index contributed by atoms with van der Waals surface area (Å²) < 4.78 is 13.9. The summed E-state index contributed by atoms with van der Waals surface area (Å²) in [7, 11) is 0. The average molecular weight is 469 g/mol. The van der Waals surface area contributed by atoms with Crippen LogP contribution in [0.4, 0.5) is 5.82 Å². The first-order valence-electron chi connectivity index (χ1n) is 12.1. The van der Waals surface area contributed by atoms with Crippen molar-refractivity contribution in [1.82, 2.24) is 24.6 Å². The zero-order valence-electron chi connectivity index (χ0n) is 19.6. The molecule has 0 radical (unpaired) electrons. The summed E-state index contributed by atoms with van der Waals surface area (Å²) in [4.78, 5) is 11.3. The van der Waals surface area contributed by atoms with Gasteiger partial charge in [-0.15, -0.1) is 0 Å². The van der Waals surface area contributed by atoms with Crippen molar-refractivity contribution in [2.75, 3.05) is 18.8 Å². The Balaban J connectivity index is 1.30. The topological polar surface area (TPSA) is 94.6 Å². The summed E-state index contributed by atoms with van der Waals surface area (Å²) in [5, 5.41) is 5.83. The van der Waals surface area contributed by atoms with Crippen molar-refractivity contribution in [3.63, 3.8) is 0 Å². The van der Waals surface area contributed by atoms with Gasteiger partial charge in [0.25, 0.3) is 0 Å². The van der Waals surface area contributed by atoms with E-state index in [1.165, 1.54) is 6.33 Å². The van der Waals surface area contributed by atoms with E-state index in [9.17, 15) is 0 Å². The molecular formula is C27H28N6O2. The Kier molecular flexibility index (Phi) is 5.67. The molecule has 2 fully saturated rings. The molecule has 2 aromatic carbocycles. The van der Waals surface area contributed by atoms with Crippen molar-refractivity contribution in [2.24, 2.45) is 0 Å². The third-order valence-electron chi connectivity index (χ3n) is 6.64. The maximum atomic E-state index is 6.34. The van der Waals surface area contributed by atoms with Crippen LogP contribution in [0.3, 0.4) is 0 Å². The molecule has 2 saturated heterocycles. The molecule has 0 aliphatic carbocycles. The quantitative estimate of drug-likeness (QED) is 0.321. The number of likely N-dealkylation sites (tertiary alicyclic amines) is 1. The molecular weight excluding hydrogens is 440 g/mol. The highest BCUT2D eigenvalue weighted by Gasteiger charge is 2.43. The lowest BCUT2D eigenvalue weighted by molar-refractivity contribution is 0.114. The van der Waals surface area contributed by atoms with E-state index in [-0.39, 0.29) is 18.4 Å². The van der Waals surface area contributed by atoms with Gasteiger partial charge in [0, 0.05) is 18.7 Å². The number of fused-ring (bicyclic) bond motifs is 1. The number of nitrogens with two attached hydrogens (primary N) is 1. The maximum absolute atomic E-state index is 6.34. The minimum absolute atomic E-state index is 0.159. The van der Waals surface area contributed by atoms with Crippen molar-refractivity contribution in [3.05, 3.63) is 73.1 Å². The second-order valence-electron chi connectivity index (χ2n) is 9.00. The summed E-state index contributed by atoms with van der Waals surface area (Å²) >= 11 is 0. The van der Waals surface area contributed by atoms with Gasteiger partial charge in [0.15, 0.2) is 5.65 Å². The fraction of sp³-hybridized carbons (Fsp3) is 0.296. The molecule has 2 N–H and O–H groups in total. The van der Waals surface area contributed by atoms with Crippen molar-refractivity contribution >= 4 is 16.9 Å². The molecule has 0 spiro atoms. The third kappa shape index (κ3) is 4.26. The van der Waals surface area contributed by atoms with E-state index in [0.29, 0.717) is 5.82 Å². The fourth-order valence-electron chi connectivity index (χ4n) is 4.91. The van der Waals surface area contributed by atoms with Crippen LogP contribution in [0.2, 0.25) is 0 Å². The first-order valence-corrected chi connectivity index (χ1v) is 12.1. The molecule has 0 saturated carbocycles. The van der Waals surface area contributed by atoms with Crippen LogP contribution in [0.1, 0.15) is 25.8 Å². The number of epoxide rings is 1. The monoisotopic (exact) mass is 468 g/mol. The number of ether oxygens (including phenoxy) is 2. The van der Waals surface area contributed by atoms with Gasteiger partial charge in [0.2, 0.25) is 0 Å². The summed E-state index contributed by atoms with van der Waals surface area (Å²) in [5.74, 6) is 1.99. The lowest BCUT2D eigenvalue weighted by Gasteiger charge is -2.31. The summed E-state index contributed by atoms with van der Waals surface area (Å²) in [6.45, 7) is 3.92. The average Bonchev–Trinajstić information content (AvgIpc) is 3.55. The van der Waals surface area contributed by atoms with Gasteiger partial charge in [0.1, 0.15) is 41.7 Å². The number of aromatic nitrogens is 4. The van der Waals surface area contributed by atoms with Gasteiger partial charge < -0.3 is 15.2 Å². The van der Waals surface area contributed by atoms with Crippen molar-refractivity contribution in [2.45, 2.75) is 38.1 Å². The number of rotatable bonds is 6. The van der Waals surface area contributed by atoms with Gasteiger partial charge >= 0.3 is 0 Å². The van der Waals surface area contributed by atoms with Gasteiger partial charge in [-0.1, -0.05) is 30.4 Å². The molecule has 6 rings (SSSR count). The van der Waals surface area contributed by atoms with E-state index in [1.54, 1.807) is 0 Å². The molecule has 2 aromatic heterocycles. The SMILES string of the molecule is C/C=C/C1OC1N1CCCC(n2nc(-c3ccc(Oc4ccccc4)cc3)c3c(N)ncnc32)C1. The van der Waals surface area contributed by atoms with E-state index in [1.807, 2.05) is 66.2 Å². The zero-order chi connectivity index (χ0) is 23.8. The molecule has 178 valence electrons. The van der Waals surface area contributed by atoms with E-state index >= 15 is 0 Å². The van der Waals surface area contributed by atoms with Gasteiger partial charge in [-0.05, 0) is 56.2 Å². The molecule has 3 unspecified atom stereocenters. The predicted octanol–water partition coefficient (Wildman–Crippen LogP) is 4.81. The van der Waals surface area contributed by atoms with Crippen LogP contribution >= 0.6 is 0 Å². The maximum Gasteiger partial charge on any atom is 0.164 e. The van der Waals surface area contributed by atoms with E-state index in [2.05, 4.69) is 27.0 Å². The molecule has 0 amide bonds. The lowest BCUT2D eigenvalue weighted by atomic mass is 10.1. The van der Waals surface area contributed by atoms with Crippen LogP contribution in [0.5, 0.6) is 11.5 Å². The number of benzene rings is 2. The first kappa shape index (κ1) is 21.8. The van der Waals surface area contributed by atoms with Crippen molar-refractivity contribution in [3.8, 4) is 22.8 Å². The minimum Gasteiger partial charge on any atom is -0.457 e. The van der Waals surface area contributed by atoms with Crippen molar-refractivity contribution in [1.29, 1.82) is 0 Å². The van der Waals surface area contributed by atoms with Gasteiger partial charge in [-0.25, -0.2) is 14.6 Å². The molecule has 4 aromatic rings. The zero-order valence-corrected chi connectivity index (χ0v) is 19.6. The Morgan fingerprint density at radius 2 is 1.86 bits per heavy atom. The summed E-state index contributed by atoms with van der Waals surface area (Å²) in [6.07, 6.45) is 8.15. The van der Waals surface area contributed by atoms with Gasteiger partial charge in [-0.2, -0.15) is 5.10 Å². The second-order valence-corrected chi connectivity index (χ2v) is 9.00. The van der Waals surface area contributed by atoms with Crippen LogP contribution in [0.25, 0.3) is 22.3 Å². The highest BCUT2D eigenvalue weighted by Crippen LogP contribution is 2.37. The van der Waals surface area contributed by atoms with E-state index in [0.717, 1.165) is 59.7 Å². The normalized spacial score (nSPS) is 22.6. The standard InChI is InChI=1S/C27H28N6O2/c1-2-7-22-27(35-22)32-15-6-8-19(16-32)33-26-23(25(28)29-17-30-26)24(31-33)18-11-13-21(14-12-18)34-20-9-4-3-5-10-20/h2-5,7,9-14,17,19,22,27H,6,8,15-16H2,1H3,(H2,28,29,30)/b7-2+. The predicted molar refractivity (Wildman–Crippen MR) is 135 cm³/mol. The van der Waals surface area contributed by atoms with E-state index in [4.69, 9.17) is 20.3 Å². The molecule has 2 aliphatic heterocycles. The molecule has 8 heteroatoms. The highest BCUT2D eigenvalue weighted by molar-refractivity contribution is 5.98. The fourth-order valence-corrected chi connectivity index (χ4v) is 4.91. The number of nitrogens with zero attached hydrogens (tertiary/aromatic N) is 5. The van der Waals surface area contributed by atoms with Gasteiger partial charge in [-0.3, -0.25) is 4.90 Å². The Morgan fingerprint density at radius 1 is 1.06 bits per heavy atom. The molecule has 4 heterocycles. The van der Waals surface area contributed by atoms with Crippen LogP contribution in [-0.4, -0.2) is 50.1 Å². The number of para-hydroxylation sites is 1. The number of nitrogen functional groups attached to an aromatic ring is 1. The van der Waals surface area contributed by atoms with Gasteiger partial charge in [0.05, 0.1) is 11.4 Å². The smallest absolute Gasteiger partial charge is 0.164 e. The number of hydrogen-bond donors (Lipinski definition) is 1. The van der Waals surface area contributed by atoms with Crippen LogP contribution in [0.15, 0.2) is 73.1 Å². The summed E-state index contributed by atoms with van der Waals surface area (Å²) in [5.41, 5.74) is 8.84. The summed E-state index contributed by atoms with van der Waals surface area (Å²) in [6, 6.07) is 17.8. The highest BCUT2D eigenvalue weighted by atomic mass is 16.6. The molecule has 8 nitrogen and oxygen atoms in total. The number of piperidine rings is 1. The van der Waals surface area contributed by atoms with Crippen LogP contribution < -0.4 is 10.5 Å². The Hall–Kier alpha value is -3.75. The van der Waals surface area contributed by atoms with E-state index < -0.39 is 0 Å². The Labute approximate surface area is 204 Å². The van der Waals surface area contributed by atoms with Crippen LogP contribution in [0, 0.1) is 0 Å². The molecule has 0 bridgehead atoms. The number of hydrogen-bond acceptors (Lipinski definition) is 7. The largest absolute Gasteiger partial charge is 0.457 e. The molecule has 2 aliphatic rings. The minimum atomic E-state index is 0.159. The first-order chi connectivity index (χ1) is 17.2. The van der Waals surface area contributed by atoms with Crippen LogP contribution in [-0.2, 0) is 4.74 Å². The Bertz CT molecular complexity index is 1350. The lowest BCUT2D eigenvalue weighted by Crippen LogP contribution is -2.39. The number of anilines is 1. The Morgan fingerprint density at radius 3 is 2.66 bits per heavy atom.